The summed E-state index contributed by atoms with van der Waals surface area (Å²) in [5, 5.41) is 9.88. The summed E-state index contributed by atoms with van der Waals surface area (Å²) in [5.41, 5.74) is 9.18. The van der Waals surface area contributed by atoms with E-state index in [1.165, 1.54) is 5.56 Å². The van der Waals surface area contributed by atoms with Gasteiger partial charge in [0.2, 0.25) is 5.95 Å². The summed E-state index contributed by atoms with van der Waals surface area (Å²) in [5.74, 6) is 1.16. The molecule has 0 saturated heterocycles. The molecule has 6 nitrogen and oxygen atoms in total. The second-order valence-corrected chi connectivity index (χ2v) is 7.46. The molecular formula is C15H22N6S. The van der Waals surface area contributed by atoms with Crippen LogP contribution in [0.1, 0.15) is 42.7 Å². The van der Waals surface area contributed by atoms with E-state index in [2.05, 4.69) is 46.8 Å². The Balaban J connectivity index is 1.77. The second-order valence-electron chi connectivity index (χ2n) is 6.51. The fourth-order valence-corrected chi connectivity index (χ4v) is 3.38. The van der Waals surface area contributed by atoms with E-state index >= 15 is 0 Å². The first-order chi connectivity index (χ1) is 10.4. The van der Waals surface area contributed by atoms with Crippen LogP contribution in [0.15, 0.2) is 5.38 Å². The Hall–Kier alpha value is -1.73. The van der Waals surface area contributed by atoms with Crippen LogP contribution in [0.4, 0.5) is 11.8 Å². The Morgan fingerprint density at radius 2 is 2.14 bits per heavy atom. The number of hydrogen-bond donors (Lipinski definition) is 3. The van der Waals surface area contributed by atoms with Crippen molar-refractivity contribution in [3.05, 3.63) is 27.3 Å². The molecule has 0 fully saturated rings. The van der Waals surface area contributed by atoms with Crippen LogP contribution in [0.3, 0.4) is 0 Å². The van der Waals surface area contributed by atoms with Crippen LogP contribution in [0.25, 0.3) is 0 Å². The van der Waals surface area contributed by atoms with Gasteiger partial charge in [0.1, 0.15) is 10.8 Å². The smallest absolute Gasteiger partial charge is 0.222 e. The number of hydrogen-bond acceptors (Lipinski definition) is 7. The van der Waals surface area contributed by atoms with Gasteiger partial charge >= 0.3 is 0 Å². The van der Waals surface area contributed by atoms with E-state index in [0.29, 0.717) is 12.5 Å². The maximum absolute atomic E-state index is 5.81. The highest BCUT2D eigenvalue weighted by atomic mass is 32.1. The van der Waals surface area contributed by atoms with Crippen LogP contribution in [0.5, 0.6) is 0 Å². The summed E-state index contributed by atoms with van der Waals surface area (Å²) in [7, 11) is 0. The van der Waals surface area contributed by atoms with E-state index in [0.717, 1.165) is 41.7 Å². The summed E-state index contributed by atoms with van der Waals surface area (Å²) in [4.78, 5) is 13.4. The van der Waals surface area contributed by atoms with Crippen LogP contribution >= 0.6 is 11.3 Å². The van der Waals surface area contributed by atoms with Gasteiger partial charge in [-0.15, -0.1) is 11.3 Å². The Morgan fingerprint density at radius 1 is 1.32 bits per heavy atom. The minimum absolute atomic E-state index is 0.0823. The third-order valence-corrected chi connectivity index (χ3v) is 4.53. The lowest BCUT2D eigenvalue weighted by Crippen LogP contribution is -2.26. The number of nitrogens with zero attached hydrogens (tertiary/aromatic N) is 3. The van der Waals surface area contributed by atoms with Crippen molar-refractivity contribution in [2.75, 3.05) is 17.6 Å². The normalized spacial score (nSPS) is 14.7. The molecule has 3 heterocycles. The van der Waals surface area contributed by atoms with Crippen molar-refractivity contribution >= 4 is 23.1 Å². The zero-order chi connectivity index (χ0) is 15.7. The van der Waals surface area contributed by atoms with Crippen molar-refractivity contribution in [3.8, 4) is 0 Å². The highest BCUT2D eigenvalue weighted by Gasteiger charge is 2.19. The van der Waals surface area contributed by atoms with Crippen molar-refractivity contribution in [2.24, 2.45) is 0 Å². The number of thiazole rings is 1. The first-order valence-electron chi connectivity index (χ1n) is 7.48. The zero-order valence-corrected chi connectivity index (χ0v) is 14.0. The van der Waals surface area contributed by atoms with Gasteiger partial charge in [-0.1, -0.05) is 20.8 Å². The average molecular weight is 318 g/mol. The fraction of sp³-hybridized carbons (Fsp3) is 0.533. The van der Waals surface area contributed by atoms with Gasteiger partial charge in [-0.25, -0.2) is 9.97 Å². The lowest BCUT2D eigenvalue weighted by atomic mass is 9.93. The number of nitrogens with one attached hydrogen (secondary N) is 2. The number of nitrogens with two attached hydrogens (primary N) is 1. The van der Waals surface area contributed by atoms with Crippen LogP contribution in [0, 0.1) is 0 Å². The molecule has 3 rings (SSSR count). The summed E-state index contributed by atoms with van der Waals surface area (Å²) in [6, 6.07) is 0. The Kier molecular flexibility index (Phi) is 4.01. The molecule has 0 bridgehead atoms. The van der Waals surface area contributed by atoms with E-state index in [1.54, 1.807) is 11.3 Å². The largest absolute Gasteiger partial charge is 0.368 e. The summed E-state index contributed by atoms with van der Waals surface area (Å²) >= 11 is 1.68. The molecule has 1 aliphatic rings. The molecule has 2 aromatic rings. The van der Waals surface area contributed by atoms with Crippen molar-refractivity contribution in [1.29, 1.82) is 0 Å². The van der Waals surface area contributed by atoms with Crippen LogP contribution in [-0.2, 0) is 24.9 Å². The van der Waals surface area contributed by atoms with Gasteiger partial charge in [0.15, 0.2) is 0 Å². The number of rotatable bonds is 3. The molecular weight excluding hydrogens is 296 g/mol. The Labute approximate surface area is 134 Å². The fourth-order valence-electron chi connectivity index (χ4n) is 2.42. The third kappa shape index (κ3) is 3.20. The molecule has 0 radical (unpaired) electrons. The van der Waals surface area contributed by atoms with Crippen LogP contribution < -0.4 is 16.4 Å². The Morgan fingerprint density at radius 3 is 2.86 bits per heavy atom. The van der Waals surface area contributed by atoms with Gasteiger partial charge in [-0.05, 0) is 13.0 Å². The molecule has 2 aromatic heterocycles. The second kappa shape index (κ2) is 5.81. The lowest BCUT2D eigenvalue weighted by Gasteiger charge is -2.19. The average Bonchev–Trinajstić information content (AvgIpc) is 2.93. The van der Waals surface area contributed by atoms with E-state index in [-0.39, 0.29) is 5.41 Å². The summed E-state index contributed by atoms with van der Waals surface area (Å²) < 4.78 is 0. The molecule has 0 aromatic carbocycles. The van der Waals surface area contributed by atoms with E-state index in [4.69, 9.17) is 10.7 Å². The molecule has 1 aliphatic heterocycles. The first-order valence-corrected chi connectivity index (χ1v) is 8.36. The van der Waals surface area contributed by atoms with E-state index < -0.39 is 0 Å². The zero-order valence-electron chi connectivity index (χ0n) is 13.2. The number of aromatic nitrogens is 3. The molecule has 0 unspecified atom stereocenters. The topological polar surface area (TPSA) is 88.8 Å². The van der Waals surface area contributed by atoms with E-state index in [1.807, 2.05) is 0 Å². The standard InChI is InChI=1S/C15H22N6S/c1-15(2,3)11-8-22-12(20-11)7-18-13-9-4-5-17-6-10(9)19-14(16)21-13/h8,17H,4-7H2,1-3H3,(H3,16,18,19,21). The maximum atomic E-state index is 5.81. The van der Waals surface area contributed by atoms with Gasteiger partial charge < -0.3 is 16.4 Å². The monoisotopic (exact) mass is 318 g/mol. The minimum atomic E-state index is 0.0823. The van der Waals surface area contributed by atoms with Crippen molar-refractivity contribution in [3.63, 3.8) is 0 Å². The number of anilines is 2. The summed E-state index contributed by atoms with van der Waals surface area (Å²) in [6.07, 6.45) is 0.920. The summed E-state index contributed by atoms with van der Waals surface area (Å²) in [6.45, 7) is 8.88. The molecule has 0 amide bonds. The van der Waals surface area contributed by atoms with Gasteiger partial charge in [0.25, 0.3) is 0 Å². The molecule has 22 heavy (non-hydrogen) atoms. The predicted octanol–water partition coefficient (Wildman–Crippen LogP) is 2.07. The number of nitrogen functional groups attached to an aromatic ring is 1. The SMILES string of the molecule is CC(C)(C)c1csc(CNc2nc(N)nc3c2CCNC3)n1. The lowest BCUT2D eigenvalue weighted by molar-refractivity contribution is 0.571. The molecule has 118 valence electrons. The first kappa shape index (κ1) is 15.2. The highest BCUT2D eigenvalue weighted by molar-refractivity contribution is 7.09. The minimum Gasteiger partial charge on any atom is -0.368 e. The molecule has 4 N–H and O–H groups in total. The van der Waals surface area contributed by atoms with E-state index in [9.17, 15) is 0 Å². The van der Waals surface area contributed by atoms with Gasteiger partial charge in [-0.3, -0.25) is 0 Å². The highest BCUT2D eigenvalue weighted by Crippen LogP contribution is 2.25. The maximum Gasteiger partial charge on any atom is 0.222 e. The predicted molar refractivity (Wildman–Crippen MR) is 90.0 cm³/mol. The molecule has 0 atom stereocenters. The molecule has 0 saturated carbocycles. The van der Waals surface area contributed by atoms with Crippen molar-refractivity contribution in [2.45, 2.75) is 45.7 Å². The molecule has 7 heteroatoms. The van der Waals surface area contributed by atoms with Crippen molar-refractivity contribution < 1.29 is 0 Å². The van der Waals surface area contributed by atoms with Crippen LogP contribution in [0.2, 0.25) is 0 Å². The molecule has 0 aliphatic carbocycles. The van der Waals surface area contributed by atoms with Crippen LogP contribution in [-0.4, -0.2) is 21.5 Å². The van der Waals surface area contributed by atoms with Gasteiger partial charge in [0.05, 0.1) is 17.9 Å². The third-order valence-electron chi connectivity index (χ3n) is 3.68. The van der Waals surface area contributed by atoms with Crippen molar-refractivity contribution in [1.82, 2.24) is 20.3 Å². The quantitative estimate of drug-likeness (QED) is 0.803. The van der Waals surface area contributed by atoms with Gasteiger partial charge in [0, 0.05) is 22.9 Å². The Bertz CT molecular complexity index is 673. The number of fused-ring (bicyclic) bond motifs is 1. The molecule has 0 spiro atoms. The van der Waals surface area contributed by atoms with Gasteiger partial charge in [-0.2, -0.15) is 4.98 Å².